The second-order valence-corrected chi connectivity index (χ2v) is 9.44. The first-order chi connectivity index (χ1) is 18.4. The highest BCUT2D eigenvalue weighted by Crippen LogP contribution is 2.20. The molecule has 4 aromatic carbocycles. The van der Waals surface area contributed by atoms with Crippen molar-refractivity contribution in [2.24, 2.45) is 4.99 Å². The third-order valence-electron chi connectivity index (χ3n) is 6.16. The molecular formula is C31H30N6O. The molecule has 0 amide bonds. The lowest BCUT2D eigenvalue weighted by molar-refractivity contribution is 0.873. The molecule has 5 rings (SSSR count). The second kappa shape index (κ2) is 10.6. The van der Waals surface area contributed by atoms with E-state index in [0.29, 0.717) is 23.3 Å². The number of aryl methyl sites for hydroxylation is 4. The normalized spacial score (nSPS) is 11.4. The average Bonchev–Trinajstić information content (AvgIpc) is 3.23. The van der Waals surface area contributed by atoms with E-state index in [9.17, 15) is 4.79 Å². The minimum Gasteiger partial charge on any atom is -0.324 e. The maximum absolute atomic E-state index is 14.0. The Morgan fingerprint density at radius 2 is 1.13 bits per heavy atom. The summed E-state index contributed by atoms with van der Waals surface area (Å²) in [6.07, 6.45) is 0. The van der Waals surface area contributed by atoms with Crippen LogP contribution in [0.1, 0.15) is 22.3 Å². The number of nitrogens with zero attached hydrogens (tertiary/aromatic N) is 4. The fraction of sp³-hybridized carbons (Fsp3) is 0.129. The number of rotatable bonds is 5. The topological polar surface area (TPSA) is 76.2 Å². The van der Waals surface area contributed by atoms with Crippen LogP contribution in [0.4, 0.5) is 23.0 Å². The van der Waals surface area contributed by atoms with Gasteiger partial charge in [-0.3, -0.25) is 0 Å². The lowest BCUT2D eigenvalue weighted by Crippen LogP contribution is -2.34. The highest BCUT2D eigenvalue weighted by atomic mass is 16.2. The van der Waals surface area contributed by atoms with Crippen LogP contribution >= 0.6 is 0 Å². The van der Waals surface area contributed by atoms with Crippen LogP contribution in [0, 0.1) is 27.7 Å². The number of aromatic nitrogens is 3. The van der Waals surface area contributed by atoms with Gasteiger partial charge in [-0.1, -0.05) is 70.8 Å². The fourth-order valence-corrected chi connectivity index (χ4v) is 3.91. The standard InChI is InChI=1S/C31H30N6O/c1-21-5-13-25(14-6-21)32-29(33-26-15-7-22(2)8-16-26)37-31(38)36(28-19-11-24(4)12-20-28)30(35-37)34-27-17-9-23(3)10-18-27/h5-20H,1-4H3,(H,32,33)(H,34,35). The predicted octanol–water partition coefficient (Wildman–Crippen LogP) is 6.66. The van der Waals surface area contributed by atoms with E-state index in [-0.39, 0.29) is 5.69 Å². The number of hydrogen-bond acceptors (Lipinski definition) is 4. The van der Waals surface area contributed by atoms with Gasteiger partial charge in [0, 0.05) is 11.4 Å². The van der Waals surface area contributed by atoms with E-state index < -0.39 is 0 Å². The van der Waals surface area contributed by atoms with Crippen LogP contribution in [-0.2, 0) is 0 Å². The highest BCUT2D eigenvalue weighted by molar-refractivity contribution is 5.96. The van der Waals surface area contributed by atoms with Crippen LogP contribution in [-0.4, -0.2) is 20.3 Å². The maximum Gasteiger partial charge on any atom is 0.359 e. The minimum absolute atomic E-state index is 0.292. The van der Waals surface area contributed by atoms with Gasteiger partial charge in [-0.25, -0.2) is 14.4 Å². The largest absolute Gasteiger partial charge is 0.359 e. The molecule has 0 radical (unpaired) electrons. The quantitative estimate of drug-likeness (QED) is 0.208. The van der Waals surface area contributed by atoms with Gasteiger partial charge >= 0.3 is 5.69 Å². The molecule has 0 aliphatic rings. The summed E-state index contributed by atoms with van der Waals surface area (Å²) < 4.78 is 2.86. The van der Waals surface area contributed by atoms with Crippen molar-refractivity contribution in [2.45, 2.75) is 27.7 Å². The van der Waals surface area contributed by atoms with Crippen LogP contribution < -0.4 is 16.3 Å². The first-order valence-electron chi connectivity index (χ1n) is 12.5. The van der Waals surface area contributed by atoms with Crippen molar-refractivity contribution in [1.29, 1.82) is 0 Å². The Kier molecular flexibility index (Phi) is 6.91. The number of benzene rings is 4. The van der Waals surface area contributed by atoms with Gasteiger partial charge in [-0.2, -0.15) is 0 Å². The van der Waals surface area contributed by atoms with Crippen molar-refractivity contribution < 1.29 is 0 Å². The SMILES string of the molecule is Cc1ccc(N=C(Nc2ccc(C)cc2)n2nc(Nc3ccc(C)cc3)n(-c3ccc(C)cc3)c2=O)cc1. The molecule has 0 saturated heterocycles. The molecule has 1 aromatic heterocycles. The molecule has 7 nitrogen and oxygen atoms in total. The number of hydrogen-bond donors (Lipinski definition) is 2. The Bertz CT molecular complexity index is 1630. The summed E-state index contributed by atoms with van der Waals surface area (Å²) >= 11 is 0. The van der Waals surface area contributed by atoms with Gasteiger partial charge in [0.15, 0.2) is 0 Å². The Labute approximate surface area is 222 Å². The van der Waals surface area contributed by atoms with Crippen LogP contribution in [0.5, 0.6) is 0 Å². The first-order valence-corrected chi connectivity index (χ1v) is 12.5. The lowest BCUT2D eigenvalue weighted by atomic mass is 10.2. The summed E-state index contributed by atoms with van der Waals surface area (Å²) in [5.74, 6) is 0.672. The molecule has 2 N–H and O–H groups in total. The minimum atomic E-state index is -0.353. The lowest BCUT2D eigenvalue weighted by Gasteiger charge is -2.09. The first kappa shape index (κ1) is 24.8. The van der Waals surface area contributed by atoms with Crippen molar-refractivity contribution in [1.82, 2.24) is 14.3 Å². The molecule has 0 spiro atoms. The van der Waals surface area contributed by atoms with Crippen molar-refractivity contribution in [2.75, 3.05) is 10.6 Å². The van der Waals surface area contributed by atoms with E-state index in [4.69, 9.17) is 10.1 Å². The van der Waals surface area contributed by atoms with E-state index >= 15 is 0 Å². The van der Waals surface area contributed by atoms with Crippen molar-refractivity contribution in [3.8, 4) is 5.69 Å². The molecule has 7 heteroatoms. The molecule has 5 aromatic rings. The summed E-state index contributed by atoms with van der Waals surface area (Å²) in [4.78, 5) is 18.7. The zero-order chi connectivity index (χ0) is 26.6. The van der Waals surface area contributed by atoms with Gasteiger partial charge in [-0.05, 0) is 76.2 Å². The Hall–Kier alpha value is -4.91. The van der Waals surface area contributed by atoms with Gasteiger partial charge in [0.1, 0.15) is 0 Å². The van der Waals surface area contributed by atoms with Gasteiger partial charge in [0.25, 0.3) is 0 Å². The van der Waals surface area contributed by atoms with Crippen LogP contribution in [0.2, 0.25) is 0 Å². The smallest absolute Gasteiger partial charge is 0.324 e. The van der Waals surface area contributed by atoms with E-state index in [1.165, 1.54) is 4.68 Å². The second-order valence-electron chi connectivity index (χ2n) is 9.44. The third-order valence-corrected chi connectivity index (χ3v) is 6.16. The molecule has 0 saturated carbocycles. The van der Waals surface area contributed by atoms with E-state index in [0.717, 1.165) is 33.6 Å². The predicted molar refractivity (Wildman–Crippen MR) is 155 cm³/mol. The Morgan fingerprint density at radius 1 is 0.658 bits per heavy atom. The molecule has 0 bridgehead atoms. The van der Waals surface area contributed by atoms with Crippen molar-refractivity contribution in [3.05, 3.63) is 130 Å². The highest BCUT2D eigenvalue weighted by Gasteiger charge is 2.19. The van der Waals surface area contributed by atoms with Crippen molar-refractivity contribution in [3.63, 3.8) is 0 Å². The zero-order valence-electron chi connectivity index (χ0n) is 21.9. The molecule has 0 atom stereocenters. The maximum atomic E-state index is 14.0. The molecule has 190 valence electrons. The Balaban J connectivity index is 1.66. The van der Waals surface area contributed by atoms with Crippen LogP contribution in [0.15, 0.2) is 107 Å². The molecule has 0 fully saturated rings. The van der Waals surface area contributed by atoms with E-state index in [2.05, 4.69) is 10.6 Å². The monoisotopic (exact) mass is 502 g/mol. The summed E-state index contributed by atoms with van der Waals surface area (Å²) in [5.41, 5.74) is 7.18. The van der Waals surface area contributed by atoms with Crippen molar-refractivity contribution >= 4 is 29.0 Å². The molecule has 1 heterocycles. The van der Waals surface area contributed by atoms with Crippen LogP contribution in [0.25, 0.3) is 5.69 Å². The molecular weight excluding hydrogens is 472 g/mol. The summed E-state index contributed by atoms with van der Waals surface area (Å²) in [5, 5.41) is 11.3. The van der Waals surface area contributed by atoms with E-state index in [1.807, 2.05) is 125 Å². The summed E-state index contributed by atoms with van der Waals surface area (Å²) in [7, 11) is 0. The molecule has 0 unspecified atom stereocenters. The molecule has 38 heavy (non-hydrogen) atoms. The number of anilines is 3. The van der Waals surface area contributed by atoms with Gasteiger partial charge < -0.3 is 10.6 Å². The Morgan fingerprint density at radius 3 is 1.68 bits per heavy atom. The fourth-order valence-electron chi connectivity index (χ4n) is 3.91. The average molecular weight is 503 g/mol. The number of aliphatic imine (C=N–C) groups is 1. The van der Waals surface area contributed by atoms with E-state index in [1.54, 1.807) is 4.57 Å². The van der Waals surface area contributed by atoms with Gasteiger partial charge in [0.05, 0.1) is 11.4 Å². The van der Waals surface area contributed by atoms with Gasteiger partial charge in [0.2, 0.25) is 11.9 Å². The number of nitrogens with one attached hydrogen (secondary N) is 2. The van der Waals surface area contributed by atoms with Gasteiger partial charge in [-0.15, -0.1) is 9.78 Å². The summed E-state index contributed by atoms with van der Waals surface area (Å²) in [6, 6.07) is 31.4. The molecule has 0 aliphatic carbocycles. The zero-order valence-corrected chi connectivity index (χ0v) is 21.9. The van der Waals surface area contributed by atoms with Crippen LogP contribution in [0.3, 0.4) is 0 Å². The summed E-state index contributed by atoms with van der Waals surface area (Å²) in [6.45, 7) is 8.10. The third kappa shape index (κ3) is 5.57. The molecule has 0 aliphatic heterocycles.